The molecule has 0 N–H and O–H groups in total. The molecule has 0 aromatic carbocycles. The number of thiocarbonyl (C=S) groups is 1. The van der Waals surface area contributed by atoms with Gasteiger partial charge in [0.05, 0.1) is 23.2 Å². The third-order valence-electron chi connectivity index (χ3n) is 2.58. The van der Waals surface area contributed by atoms with E-state index in [9.17, 15) is 24.6 Å². The predicted octanol–water partition coefficient (Wildman–Crippen LogP) is -1.26. The van der Waals surface area contributed by atoms with Crippen molar-refractivity contribution in [2.45, 2.75) is 12.5 Å². The molecule has 1 aliphatic heterocycles. The van der Waals surface area contributed by atoms with Crippen molar-refractivity contribution in [3.8, 4) is 0 Å². The van der Waals surface area contributed by atoms with E-state index in [2.05, 4.69) is 0 Å². The minimum Gasteiger partial charge on any atom is -0.550 e. The van der Waals surface area contributed by atoms with Crippen LogP contribution >= 0.6 is 24.0 Å². The van der Waals surface area contributed by atoms with Gasteiger partial charge in [-0.25, -0.2) is 0 Å². The molecule has 1 fully saturated rings. The van der Waals surface area contributed by atoms with Crippen LogP contribution in [0.5, 0.6) is 0 Å². The van der Waals surface area contributed by atoms with E-state index in [0.717, 1.165) is 11.8 Å². The van der Waals surface area contributed by atoms with Crippen molar-refractivity contribution in [1.82, 2.24) is 4.90 Å². The van der Waals surface area contributed by atoms with Crippen LogP contribution in [-0.2, 0) is 14.4 Å². The third kappa shape index (κ3) is 3.31. The fraction of sp³-hybridized carbons (Fsp3) is 0.167. The van der Waals surface area contributed by atoms with Crippen LogP contribution in [0.3, 0.4) is 0 Å². The van der Waals surface area contributed by atoms with E-state index in [1.165, 1.54) is 12.3 Å². The lowest BCUT2D eigenvalue weighted by molar-refractivity contribution is -0.319. The molecule has 1 aromatic rings. The smallest absolute Gasteiger partial charge is 0.266 e. The molecule has 9 heteroatoms. The Hall–Kier alpha value is -2.13. The number of carbonyl (C=O) groups is 3. The molecular weight excluding hydrogens is 318 g/mol. The summed E-state index contributed by atoms with van der Waals surface area (Å²) in [6, 6.07) is 1.52. The lowest BCUT2D eigenvalue weighted by atomic mass is 10.2. The molecule has 110 valence electrons. The van der Waals surface area contributed by atoms with Gasteiger partial charge in [0.1, 0.15) is 10.1 Å². The summed E-state index contributed by atoms with van der Waals surface area (Å²) in [6.45, 7) is 0. The van der Waals surface area contributed by atoms with Crippen LogP contribution in [0.25, 0.3) is 6.08 Å². The third-order valence-corrected chi connectivity index (χ3v) is 3.91. The number of rotatable bonds is 5. The van der Waals surface area contributed by atoms with Gasteiger partial charge >= 0.3 is 0 Å². The molecule has 0 unspecified atom stereocenters. The van der Waals surface area contributed by atoms with E-state index in [0.29, 0.717) is 10.7 Å². The maximum absolute atomic E-state index is 12.2. The Morgan fingerprint density at radius 2 is 2.19 bits per heavy atom. The highest BCUT2D eigenvalue weighted by atomic mass is 32.2. The number of carboxylic acid groups (broad SMARTS) is 2. The van der Waals surface area contributed by atoms with Gasteiger partial charge in [0.25, 0.3) is 5.91 Å². The molecular formula is C12H7NO6S2-2. The summed E-state index contributed by atoms with van der Waals surface area (Å²) < 4.78 is 4.99. The summed E-state index contributed by atoms with van der Waals surface area (Å²) >= 11 is 5.79. The monoisotopic (exact) mass is 325 g/mol. The van der Waals surface area contributed by atoms with Crippen molar-refractivity contribution in [2.75, 3.05) is 0 Å². The van der Waals surface area contributed by atoms with E-state index in [1.807, 2.05) is 0 Å². The van der Waals surface area contributed by atoms with Gasteiger partial charge in [-0.2, -0.15) is 0 Å². The van der Waals surface area contributed by atoms with Crippen LogP contribution in [-0.4, -0.2) is 33.1 Å². The second-order valence-corrected chi connectivity index (χ2v) is 5.65. The first-order chi connectivity index (χ1) is 9.90. The molecule has 7 nitrogen and oxygen atoms in total. The molecule has 1 aliphatic rings. The maximum Gasteiger partial charge on any atom is 0.266 e. The first-order valence-corrected chi connectivity index (χ1v) is 6.84. The predicted molar refractivity (Wildman–Crippen MR) is 72.1 cm³/mol. The Morgan fingerprint density at radius 1 is 1.48 bits per heavy atom. The first kappa shape index (κ1) is 15.3. The number of hydrogen-bond donors (Lipinski definition) is 0. The number of thioether (sulfide) groups is 1. The standard InChI is InChI=1S/C12H9NO6S2/c14-9(15)5-7(11(17)18)13-10(16)8(21-12(13)20)4-6-2-1-3-19-6/h1-4,7H,5H2,(H,14,15)(H,17,18)/p-2/b8-4+/t7-/m1/s1. The molecule has 1 aromatic heterocycles. The van der Waals surface area contributed by atoms with Gasteiger partial charge in [-0.1, -0.05) is 24.0 Å². The maximum atomic E-state index is 12.2. The zero-order valence-corrected chi connectivity index (χ0v) is 11.9. The van der Waals surface area contributed by atoms with E-state index < -0.39 is 30.3 Å². The lowest BCUT2D eigenvalue weighted by Gasteiger charge is -2.27. The Kier molecular flexibility index (Phi) is 4.43. The van der Waals surface area contributed by atoms with Crippen molar-refractivity contribution >= 4 is 52.2 Å². The lowest BCUT2D eigenvalue weighted by Crippen LogP contribution is -2.52. The Morgan fingerprint density at radius 3 is 2.71 bits per heavy atom. The number of hydrogen-bond acceptors (Lipinski definition) is 8. The Balaban J connectivity index is 2.29. The summed E-state index contributed by atoms with van der Waals surface area (Å²) in [5.74, 6) is -3.65. The summed E-state index contributed by atoms with van der Waals surface area (Å²) in [5.41, 5.74) is 0. The van der Waals surface area contributed by atoms with Crippen molar-refractivity contribution in [3.63, 3.8) is 0 Å². The second-order valence-electron chi connectivity index (χ2n) is 3.98. The average Bonchev–Trinajstić information content (AvgIpc) is 2.97. The number of carboxylic acids is 2. The van der Waals surface area contributed by atoms with E-state index in [1.54, 1.807) is 12.1 Å². The highest BCUT2D eigenvalue weighted by Gasteiger charge is 2.37. The molecule has 0 saturated carbocycles. The van der Waals surface area contributed by atoms with Gasteiger partial charge in [-0.05, 0) is 12.1 Å². The normalized spacial score (nSPS) is 18.3. The fourth-order valence-corrected chi connectivity index (χ4v) is 3.03. The number of aliphatic carboxylic acids is 2. The van der Waals surface area contributed by atoms with Crippen molar-refractivity contribution in [3.05, 3.63) is 29.1 Å². The fourth-order valence-electron chi connectivity index (χ4n) is 1.69. The van der Waals surface area contributed by atoms with Gasteiger partial charge in [0.15, 0.2) is 0 Å². The first-order valence-electron chi connectivity index (χ1n) is 5.61. The van der Waals surface area contributed by atoms with E-state index in [-0.39, 0.29) is 9.23 Å². The number of furan rings is 1. The summed E-state index contributed by atoms with van der Waals surface area (Å²) in [7, 11) is 0. The van der Waals surface area contributed by atoms with E-state index >= 15 is 0 Å². The Bertz CT molecular complexity index is 636. The van der Waals surface area contributed by atoms with Crippen LogP contribution in [0.15, 0.2) is 27.7 Å². The summed E-state index contributed by atoms with van der Waals surface area (Å²) in [5, 5.41) is 21.6. The molecule has 21 heavy (non-hydrogen) atoms. The Labute approximate surface area is 128 Å². The summed E-state index contributed by atoms with van der Waals surface area (Å²) in [4.78, 5) is 34.7. The highest BCUT2D eigenvalue weighted by Crippen LogP contribution is 2.34. The van der Waals surface area contributed by atoms with Gasteiger partial charge in [-0.15, -0.1) is 0 Å². The quantitative estimate of drug-likeness (QED) is 0.487. The van der Waals surface area contributed by atoms with Gasteiger partial charge in [0.2, 0.25) is 0 Å². The van der Waals surface area contributed by atoms with E-state index in [4.69, 9.17) is 16.6 Å². The van der Waals surface area contributed by atoms with Gasteiger partial charge in [-0.3, -0.25) is 9.69 Å². The number of nitrogens with zero attached hydrogens (tertiary/aromatic N) is 1. The molecule has 0 bridgehead atoms. The van der Waals surface area contributed by atoms with Crippen LogP contribution < -0.4 is 10.2 Å². The van der Waals surface area contributed by atoms with Crippen molar-refractivity contribution in [2.24, 2.45) is 0 Å². The molecule has 2 heterocycles. The molecule has 0 spiro atoms. The van der Waals surface area contributed by atoms with Crippen LogP contribution in [0, 0.1) is 0 Å². The zero-order chi connectivity index (χ0) is 15.6. The van der Waals surface area contributed by atoms with Crippen molar-refractivity contribution < 1.29 is 29.0 Å². The number of amides is 1. The molecule has 1 atom stereocenters. The molecule has 1 amide bonds. The molecule has 2 rings (SSSR count). The van der Waals surface area contributed by atoms with Crippen molar-refractivity contribution in [1.29, 1.82) is 0 Å². The SMILES string of the molecule is O=C([O-])C[C@H](C(=O)[O-])N1C(=O)/C(=C\c2ccco2)SC1=S. The highest BCUT2D eigenvalue weighted by molar-refractivity contribution is 8.26. The topological polar surface area (TPSA) is 114 Å². The number of carbonyl (C=O) groups excluding carboxylic acids is 3. The molecule has 0 radical (unpaired) electrons. The van der Waals surface area contributed by atoms with Crippen LogP contribution in [0.2, 0.25) is 0 Å². The van der Waals surface area contributed by atoms with Crippen LogP contribution in [0.1, 0.15) is 12.2 Å². The zero-order valence-electron chi connectivity index (χ0n) is 10.3. The summed E-state index contributed by atoms with van der Waals surface area (Å²) in [6.07, 6.45) is 1.90. The minimum atomic E-state index is -1.71. The second kappa shape index (κ2) is 6.10. The minimum absolute atomic E-state index is 0.0618. The average molecular weight is 325 g/mol. The molecule has 1 saturated heterocycles. The van der Waals surface area contributed by atoms with Gasteiger partial charge < -0.3 is 24.2 Å². The van der Waals surface area contributed by atoms with Gasteiger partial charge in [0, 0.05) is 18.5 Å². The largest absolute Gasteiger partial charge is 0.550 e. The molecule has 0 aliphatic carbocycles. The van der Waals surface area contributed by atoms with Crippen LogP contribution in [0.4, 0.5) is 0 Å².